The van der Waals surface area contributed by atoms with Gasteiger partial charge in [0.25, 0.3) is 0 Å². The molecule has 2 atom stereocenters. The fraction of sp³-hybridized carbons (Fsp3) is 0.381. The lowest BCUT2D eigenvalue weighted by molar-refractivity contribution is -0.137. The van der Waals surface area contributed by atoms with Crippen LogP contribution in [0.2, 0.25) is 0 Å². The van der Waals surface area contributed by atoms with Gasteiger partial charge in [0.2, 0.25) is 15.9 Å². The number of sulfonamides is 1. The Kier molecular flexibility index (Phi) is 6.12. The topological polar surface area (TPSA) is 66.5 Å². The van der Waals surface area contributed by atoms with Crippen molar-refractivity contribution in [3.8, 4) is 0 Å². The maximum absolute atomic E-state index is 13.1. The Morgan fingerprint density at radius 2 is 1.87 bits per heavy atom. The van der Waals surface area contributed by atoms with E-state index in [9.17, 15) is 26.4 Å². The third kappa shape index (κ3) is 4.77. The Hall–Kier alpha value is -2.55. The molecule has 0 heterocycles. The van der Waals surface area contributed by atoms with Crippen molar-refractivity contribution in [3.63, 3.8) is 0 Å². The van der Waals surface area contributed by atoms with Gasteiger partial charge in [-0.1, -0.05) is 30.3 Å². The molecule has 0 saturated carbocycles. The molecular formula is C21H23F3N2O3S. The molecule has 162 valence electrons. The summed E-state index contributed by atoms with van der Waals surface area (Å²) < 4.78 is 64.8. The Bertz CT molecular complexity index is 1040. The molecule has 0 unspecified atom stereocenters. The summed E-state index contributed by atoms with van der Waals surface area (Å²) in [6.45, 7) is 1.37. The summed E-state index contributed by atoms with van der Waals surface area (Å²) >= 11 is 0. The highest BCUT2D eigenvalue weighted by atomic mass is 32.2. The van der Waals surface area contributed by atoms with Crippen molar-refractivity contribution in [3.05, 3.63) is 65.2 Å². The normalized spacial score (nSPS) is 17.7. The number of nitrogens with one attached hydrogen (secondary N) is 1. The highest BCUT2D eigenvalue weighted by Crippen LogP contribution is 2.33. The van der Waals surface area contributed by atoms with Crippen molar-refractivity contribution >= 4 is 21.6 Å². The number of carbonyl (C=O) groups is 1. The summed E-state index contributed by atoms with van der Waals surface area (Å²) in [6.07, 6.45) is -1.28. The van der Waals surface area contributed by atoms with E-state index in [2.05, 4.69) is 5.32 Å². The lowest BCUT2D eigenvalue weighted by Crippen LogP contribution is -2.49. The molecule has 0 saturated heterocycles. The number of hydrogen-bond acceptors (Lipinski definition) is 3. The molecule has 1 aliphatic rings. The van der Waals surface area contributed by atoms with E-state index >= 15 is 0 Å². The lowest BCUT2D eigenvalue weighted by Gasteiger charge is -2.32. The molecule has 2 aromatic carbocycles. The third-order valence-electron chi connectivity index (χ3n) is 5.20. The van der Waals surface area contributed by atoms with Crippen molar-refractivity contribution < 1.29 is 26.4 Å². The average Bonchev–Trinajstić information content (AvgIpc) is 2.67. The molecule has 0 spiro atoms. The van der Waals surface area contributed by atoms with E-state index in [0.717, 1.165) is 52.7 Å². The number of amides is 1. The zero-order valence-electron chi connectivity index (χ0n) is 16.6. The van der Waals surface area contributed by atoms with E-state index in [0.29, 0.717) is 6.42 Å². The zero-order chi connectivity index (χ0) is 22.1. The number of alkyl halides is 3. The molecule has 0 aliphatic heterocycles. The van der Waals surface area contributed by atoms with Crippen molar-refractivity contribution in [2.45, 2.75) is 44.4 Å². The predicted octanol–water partition coefficient (Wildman–Crippen LogP) is 4.05. The smallest absolute Gasteiger partial charge is 0.347 e. The molecule has 1 aliphatic carbocycles. The minimum Gasteiger partial charge on any atom is -0.347 e. The van der Waals surface area contributed by atoms with Crippen molar-refractivity contribution in [2.75, 3.05) is 10.6 Å². The van der Waals surface area contributed by atoms with Gasteiger partial charge in [-0.2, -0.15) is 13.2 Å². The van der Waals surface area contributed by atoms with Crippen LogP contribution in [0.3, 0.4) is 0 Å². The minimum absolute atomic E-state index is 0.209. The molecule has 0 fully saturated rings. The van der Waals surface area contributed by atoms with Crippen LogP contribution in [0.1, 0.15) is 42.5 Å². The third-order valence-corrected chi connectivity index (χ3v) is 6.44. The summed E-state index contributed by atoms with van der Waals surface area (Å²) in [5.41, 5.74) is 0.912. The fourth-order valence-corrected chi connectivity index (χ4v) is 4.99. The van der Waals surface area contributed by atoms with Crippen LogP contribution in [0.25, 0.3) is 0 Å². The number of nitrogens with zero attached hydrogens (tertiary/aromatic N) is 1. The van der Waals surface area contributed by atoms with E-state index in [1.807, 2.05) is 24.3 Å². The van der Waals surface area contributed by atoms with Gasteiger partial charge in [0.1, 0.15) is 6.04 Å². The number of fused-ring (bicyclic) bond motifs is 1. The van der Waals surface area contributed by atoms with Crippen molar-refractivity contribution in [1.29, 1.82) is 0 Å². The standard InChI is InChI=1S/C21H23F3N2O3S/c1-14(20(27)25-19-12-5-8-15-7-3-4-11-18(15)19)26(30(2,28)29)17-10-6-9-16(13-17)21(22,23)24/h3-4,6-7,9-11,13-14,19H,5,8,12H2,1-2H3,(H,25,27)/t14-,19-/m0/s1. The second-order valence-electron chi connectivity index (χ2n) is 7.44. The van der Waals surface area contributed by atoms with Crippen LogP contribution in [0.4, 0.5) is 18.9 Å². The number of benzene rings is 2. The Labute approximate surface area is 173 Å². The predicted molar refractivity (Wildman–Crippen MR) is 108 cm³/mol. The molecular weight excluding hydrogens is 417 g/mol. The van der Waals surface area contributed by atoms with Gasteiger partial charge in [-0.05, 0) is 55.5 Å². The first-order valence-corrected chi connectivity index (χ1v) is 11.4. The Balaban J connectivity index is 1.89. The minimum atomic E-state index is -4.63. The summed E-state index contributed by atoms with van der Waals surface area (Å²) in [7, 11) is -4.02. The first kappa shape index (κ1) is 22.1. The summed E-state index contributed by atoms with van der Waals surface area (Å²) in [5.74, 6) is -0.570. The van der Waals surface area contributed by atoms with Gasteiger partial charge < -0.3 is 5.32 Å². The number of anilines is 1. The number of rotatable bonds is 5. The second kappa shape index (κ2) is 8.29. The monoisotopic (exact) mass is 440 g/mol. The van der Waals surface area contributed by atoms with Crippen LogP contribution in [-0.4, -0.2) is 26.6 Å². The molecule has 0 radical (unpaired) electrons. The van der Waals surface area contributed by atoms with Crippen molar-refractivity contribution in [2.24, 2.45) is 0 Å². The first-order valence-electron chi connectivity index (χ1n) is 9.53. The second-order valence-corrected chi connectivity index (χ2v) is 9.29. The van der Waals surface area contributed by atoms with E-state index < -0.39 is 33.7 Å². The SMILES string of the molecule is C[C@@H](C(=O)N[C@H]1CCCc2ccccc21)N(c1cccc(C(F)(F)F)c1)S(C)(=O)=O. The molecule has 2 aromatic rings. The molecule has 1 amide bonds. The van der Waals surface area contributed by atoms with Gasteiger partial charge >= 0.3 is 6.18 Å². The Morgan fingerprint density at radius 3 is 2.53 bits per heavy atom. The van der Waals surface area contributed by atoms with Gasteiger partial charge in [-0.3, -0.25) is 9.10 Å². The van der Waals surface area contributed by atoms with E-state index in [1.54, 1.807) is 0 Å². The molecule has 0 bridgehead atoms. The van der Waals surface area contributed by atoms with Crippen LogP contribution >= 0.6 is 0 Å². The van der Waals surface area contributed by atoms with Gasteiger partial charge in [-0.15, -0.1) is 0 Å². The largest absolute Gasteiger partial charge is 0.416 e. The number of carbonyl (C=O) groups excluding carboxylic acids is 1. The lowest BCUT2D eigenvalue weighted by atomic mass is 9.87. The van der Waals surface area contributed by atoms with Crippen LogP contribution in [-0.2, 0) is 27.4 Å². The van der Waals surface area contributed by atoms with Crippen molar-refractivity contribution in [1.82, 2.24) is 5.32 Å². The summed E-state index contributed by atoms with van der Waals surface area (Å²) in [5, 5.41) is 2.87. The molecule has 0 aromatic heterocycles. The Morgan fingerprint density at radius 1 is 1.17 bits per heavy atom. The first-order chi connectivity index (χ1) is 14.0. The molecule has 5 nitrogen and oxygen atoms in total. The van der Waals surface area contributed by atoms with E-state index in [4.69, 9.17) is 0 Å². The molecule has 1 N–H and O–H groups in total. The summed E-state index contributed by atoms with van der Waals surface area (Å²) in [6, 6.07) is 10.2. The number of aryl methyl sites for hydroxylation is 1. The van der Waals surface area contributed by atoms with Gasteiger partial charge in [0.15, 0.2) is 0 Å². The number of halogens is 3. The van der Waals surface area contributed by atoms with Crippen LogP contribution in [0.5, 0.6) is 0 Å². The zero-order valence-corrected chi connectivity index (χ0v) is 17.4. The molecule has 30 heavy (non-hydrogen) atoms. The molecule has 3 rings (SSSR count). The van der Waals surface area contributed by atoms with Crippen LogP contribution < -0.4 is 9.62 Å². The van der Waals surface area contributed by atoms with Gasteiger partial charge in [0, 0.05) is 0 Å². The average molecular weight is 440 g/mol. The fourth-order valence-electron chi connectivity index (χ4n) is 3.82. The van der Waals surface area contributed by atoms with E-state index in [1.165, 1.54) is 13.0 Å². The quantitative estimate of drug-likeness (QED) is 0.763. The van der Waals surface area contributed by atoms with Gasteiger partial charge in [0.05, 0.1) is 23.5 Å². The van der Waals surface area contributed by atoms with E-state index in [-0.39, 0.29) is 11.7 Å². The molecule has 9 heteroatoms. The summed E-state index contributed by atoms with van der Waals surface area (Å²) in [4.78, 5) is 12.9. The van der Waals surface area contributed by atoms with Crippen LogP contribution in [0, 0.1) is 0 Å². The van der Waals surface area contributed by atoms with Gasteiger partial charge in [-0.25, -0.2) is 8.42 Å². The highest BCUT2D eigenvalue weighted by Gasteiger charge is 2.35. The maximum atomic E-state index is 13.1. The van der Waals surface area contributed by atoms with Crippen LogP contribution in [0.15, 0.2) is 48.5 Å². The highest BCUT2D eigenvalue weighted by molar-refractivity contribution is 7.92. The number of hydrogen-bond donors (Lipinski definition) is 1. The maximum Gasteiger partial charge on any atom is 0.416 e.